The van der Waals surface area contributed by atoms with Gasteiger partial charge in [-0.2, -0.15) is 0 Å². The van der Waals surface area contributed by atoms with Crippen molar-refractivity contribution in [2.75, 3.05) is 27.9 Å². The molecule has 0 saturated carbocycles. The molecule has 22 heavy (non-hydrogen) atoms. The normalized spacial score (nSPS) is 13.1. The van der Waals surface area contributed by atoms with E-state index in [-0.39, 0.29) is 11.8 Å². The summed E-state index contributed by atoms with van der Waals surface area (Å²) in [7, 11) is 4.79. The summed E-state index contributed by atoms with van der Waals surface area (Å²) in [6, 6.07) is 3.82. The van der Waals surface area contributed by atoms with Crippen LogP contribution in [0, 0.1) is 0 Å². The number of ether oxygens (including phenoxy) is 3. The third-order valence-corrected chi connectivity index (χ3v) is 3.02. The minimum Gasteiger partial charge on any atom is -0.493 e. The number of imide groups is 1. The zero-order valence-corrected chi connectivity index (χ0v) is 13.1. The van der Waals surface area contributed by atoms with Gasteiger partial charge in [-0.3, -0.25) is 14.9 Å². The molecule has 3 N–H and O–H groups in total. The van der Waals surface area contributed by atoms with Crippen LogP contribution in [0.25, 0.3) is 0 Å². The van der Waals surface area contributed by atoms with Crippen LogP contribution >= 0.6 is 0 Å². The maximum atomic E-state index is 10.1. The van der Waals surface area contributed by atoms with Crippen molar-refractivity contribution in [1.29, 1.82) is 0 Å². The van der Waals surface area contributed by atoms with Crippen LogP contribution in [0.15, 0.2) is 12.1 Å². The van der Waals surface area contributed by atoms with Gasteiger partial charge in [0.05, 0.1) is 21.3 Å². The van der Waals surface area contributed by atoms with Crippen LogP contribution in [0.4, 0.5) is 0 Å². The fraction of sp³-hybridized carbons (Fsp3) is 0.467. The van der Waals surface area contributed by atoms with E-state index >= 15 is 0 Å². The molecule has 1 aromatic carbocycles. The Morgan fingerprint density at radius 3 is 1.77 bits per heavy atom. The quantitative estimate of drug-likeness (QED) is 0.774. The minimum atomic E-state index is -0.148. The lowest BCUT2D eigenvalue weighted by Crippen LogP contribution is -2.18. The molecule has 0 bridgehead atoms. The number of methoxy groups -OCH3 is 3. The zero-order valence-electron chi connectivity index (χ0n) is 13.1. The summed E-state index contributed by atoms with van der Waals surface area (Å²) in [6.07, 6.45) is 1.54. The highest BCUT2D eigenvalue weighted by molar-refractivity contribution is 6.01. The van der Waals surface area contributed by atoms with Gasteiger partial charge in [0.25, 0.3) is 0 Å². The number of carbonyl (C=O) groups is 2. The van der Waals surface area contributed by atoms with Crippen molar-refractivity contribution >= 4 is 11.8 Å². The lowest BCUT2D eigenvalue weighted by molar-refractivity contribution is -0.124. The van der Waals surface area contributed by atoms with E-state index in [1.54, 1.807) is 21.3 Å². The molecule has 0 atom stereocenters. The Kier molecular flexibility index (Phi) is 7.18. The number of hydrogen-bond acceptors (Lipinski definition) is 6. The topological polar surface area (TPSA) is 99.9 Å². The summed E-state index contributed by atoms with van der Waals surface area (Å²) < 4.78 is 15.6. The van der Waals surface area contributed by atoms with Gasteiger partial charge in [0, 0.05) is 12.8 Å². The summed E-state index contributed by atoms with van der Waals surface area (Å²) in [5, 5.41) is 2.14. The Morgan fingerprint density at radius 2 is 1.50 bits per heavy atom. The van der Waals surface area contributed by atoms with E-state index in [0.29, 0.717) is 36.6 Å². The smallest absolute Gasteiger partial charge is 0.227 e. The molecule has 1 fully saturated rings. The van der Waals surface area contributed by atoms with Crippen LogP contribution in [0.5, 0.6) is 17.2 Å². The van der Waals surface area contributed by atoms with Gasteiger partial charge in [-0.15, -0.1) is 0 Å². The fourth-order valence-electron chi connectivity index (χ4n) is 1.95. The number of rotatable bonds is 5. The maximum absolute atomic E-state index is 10.1. The molecule has 0 aromatic heterocycles. The van der Waals surface area contributed by atoms with E-state index in [1.165, 1.54) is 0 Å². The van der Waals surface area contributed by atoms with Crippen molar-refractivity contribution in [1.82, 2.24) is 5.32 Å². The van der Waals surface area contributed by atoms with Crippen molar-refractivity contribution in [2.24, 2.45) is 5.73 Å². The van der Waals surface area contributed by atoms with E-state index in [9.17, 15) is 9.59 Å². The molecule has 2 amide bonds. The van der Waals surface area contributed by atoms with Crippen molar-refractivity contribution in [2.45, 2.75) is 19.3 Å². The first-order valence-corrected chi connectivity index (χ1v) is 6.87. The standard InChI is InChI=1S/C11H17NO3.C4H5NO2/c1-13-9-6-8(4-5-12)7-10(14-2)11(9)15-3;6-3-1-2-4(7)5-3/h6-7H,4-5,12H2,1-3H3;1-2H2,(H,5,6,7). The van der Waals surface area contributed by atoms with E-state index in [2.05, 4.69) is 5.32 Å². The van der Waals surface area contributed by atoms with Gasteiger partial charge in [-0.05, 0) is 30.7 Å². The van der Waals surface area contributed by atoms with Crippen LogP contribution in [0.3, 0.4) is 0 Å². The average Bonchev–Trinajstić information content (AvgIpc) is 2.90. The third-order valence-electron chi connectivity index (χ3n) is 3.02. The second-order valence-electron chi connectivity index (χ2n) is 4.54. The first kappa shape index (κ1) is 17.8. The monoisotopic (exact) mass is 310 g/mol. The number of nitrogens with two attached hydrogens (primary N) is 1. The molecule has 1 heterocycles. The van der Waals surface area contributed by atoms with Crippen LogP contribution in [0.2, 0.25) is 0 Å². The molecule has 0 spiro atoms. The largest absolute Gasteiger partial charge is 0.493 e. The van der Waals surface area contributed by atoms with Gasteiger partial charge >= 0.3 is 0 Å². The molecule has 1 saturated heterocycles. The number of carbonyl (C=O) groups excluding carboxylic acids is 2. The number of nitrogens with one attached hydrogen (secondary N) is 1. The van der Waals surface area contributed by atoms with Crippen molar-refractivity contribution < 1.29 is 23.8 Å². The molecular weight excluding hydrogens is 288 g/mol. The third kappa shape index (κ3) is 4.92. The minimum absolute atomic E-state index is 0.148. The maximum Gasteiger partial charge on any atom is 0.227 e. The molecule has 122 valence electrons. The average molecular weight is 310 g/mol. The molecule has 0 unspecified atom stereocenters. The summed E-state index contributed by atoms with van der Waals surface area (Å²) in [6.45, 7) is 0.596. The number of hydrogen-bond donors (Lipinski definition) is 2. The molecule has 1 aliphatic heterocycles. The second-order valence-corrected chi connectivity index (χ2v) is 4.54. The molecule has 2 rings (SSSR count). The van der Waals surface area contributed by atoms with E-state index in [4.69, 9.17) is 19.9 Å². The summed E-state index contributed by atoms with van der Waals surface area (Å²) >= 11 is 0. The van der Waals surface area contributed by atoms with Crippen molar-refractivity contribution in [3.05, 3.63) is 17.7 Å². The SMILES string of the molecule is COc1cc(CCN)cc(OC)c1OC.O=C1CCC(=O)N1. The molecule has 7 heteroatoms. The summed E-state index contributed by atoms with van der Waals surface area (Å²) in [5.41, 5.74) is 6.58. The van der Waals surface area contributed by atoms with Crippen LogP contribution in [0.1, 0.15) is 18.4 Å². The zero-order chi connectivity index (χ0) is 16.5. The van der Waals surface area contributed by atoms with E-state index in [0.717, 1.165) is 12.0 Å². The molecule has 7 nitrogen and oxygen atoms in total. The number of amides is 2. The Balaban J connectivity index is 0.000000287. The van der Waals surface area contributed by atoms with Gasteiger partial charge in [0.15, 0.2) is 11.5 Å². The Labute approximate surface area is 129 Å². The first-order valence-electron chi connectivity index (χ1n) is 6.87. The predicted octanol–water partition coefficient (Wildman–Crippen LogP) is 0.637. The molecule has 1 aliphatic rings. The lowest BCUT2D eigenvalue weighted by atomic mass is 10.1. The lowest BCUT2D eigenvalue weighted by Gasteiger charge is -2.13. The Bertz CT molecular complexity index is 492. The fourth-order valence-corrected chi connectivity index (χ4v) is 1.95. The second kappa shape index (κ2) is 8.89. The highest BCUT2D eigenvalue weighted by atomic mass is 16.5. The van der Waals surface area contributed by atoms with Crippen LogP contribution in [-0.2, 0) is 16.0 Å². The molecular formula is C15H22N2O5. The Hall–Kier alpha value is -2.28. The first-order chi connectivity index (χ1) is 10.5. The van der Waals surface area contributed by atoms with Crippen molar-refractivity contribution in [3.63, 3.8) is 0 Å². The Morgan fingerprint density at radius 1 is 1.00 bits per heavy atom. The number of benzene rings is 1. The van der Waals surface area contributed by atoms with Gasteiger partial charge in [-0.25, -0.2) is 0 Å². The summed E-state index contributed by atoms with van der Waals surface area (Å²) in [5.74, 6) is 1.65. The van der Waals surface area contributed by atoms with Gasteiger partial charge in [-0.1, -0.05) is 0 Å². The van der Waals surface area contributed by atoms with Gasteiger partial charge in [0.1, 0.15) is 0 Å². The van der Waals surface area contributed by atoms with Gasteiger partial charge in [0.2, 0.25) is 17.6 Å². The van der Waals surface area contributed by atoms with E-state index < -0.39 is 0 Å². The molecule has 0 radical (unpaired) electrons. The van der Waals surface area contributed by atoms with Crippen LogP contribution in [-0.4, -0.2) is 39.7 Å². The highest BCUT2D eigenvalue weighted by Crippen LogP contribution is 2.38. The molecule has 0 aliphatic carbocycles. The predicted molar refractivity (Wildman–Crippen MR) is 81.2 cm³/mol. The highest BCUT2D eigenvalue weighted by Gasteiger charge is 2.15. The van der Waals surface area contributed by atoms with Crippen LogP contribution < -0.4 is 25.3 Å². The molecule has 1 aromatic rings. The van der Waals surface area contributed by atoms with E-state index in [1.807, 2.05) is 12.1 Å². The van der Waals surface area contributed by atoms with Gasteiger partial charge < -0.3 is 19.9 Å². The summed E-state index contributed by atoms with van der Waals surface area (Å²) in [4.78, 5) is 20.2. The van der Waals surface area contributed by atoms with Crippen molar-refractivity contribution in [3.8, 4) is 17.2 Å².